The average Bonchev–Trinajstić information content (AvgIpc) is 2.64. The SMILES string of the molecule is CC(C)C[C@@H](NC(=O)[C@H](N)Cc1ccccc1)C(=O)N[C@H](CCCN)C(=O)O. The van der Waals surface area contributed by atoms with Gasteiger partial charge >= 0.3 is 5.97 Å². The Morgan fingerprint density at radius 2 is 1.64 bits per heavy atom. The molecule has 0 aliphatic rings. The fourth-order valence-corrected chi connectivity index (χ4v) is 2.79. The Hall–Kier alpha value is -2.45. The monoisotopic (exact) mass is 392 g/mol. The highest BCUT2D eigenvalue weighted by Crippen LogP contribution is 2.08. The molecule has 0 saturated heterocycles. The standard InChI is InChI=1S/C20H32N4O4/c1-13(2)11-17(19(26)23-16(20(27)28)9-6-10-21)24-18(25)15(22)12-14-7-4-3-5-8-14/h3-5,7-8,13,15-17H,6,9-12,21-22H2,1-2H3,(H,23,26)(H,24,25)(H,27,28)/t15-,16-,17-/m1/s1. The molecular formula is C20H32N4O4. The minimum Gasteiger partial charge on any atom is -0.480 e. The quantitative estimate of drug-likeness (QED) is 0.348. The van der Waals surface area contributed by atoms with Crippen molar-refractivity contribution in [2.75, 3.05) is 6.54 Å². The van der Waals surface area contributed by atoms with Crippen molar-refractivity contribution in [1.82, 2.24) is 10.6 Å². The van der Waals surface area contributed by atoms with Gasteiger partial charge in [-0.25, -0.2) is 4.79 Å². The molecule has 1 rings (SSSR count). The van der Waals surface area contributed by atoms with E-state index in [9.17, 15) is 19.5 Å². The Bertz CT molecular complexity index is 636. The molecule has 0 bridgehead atoms. The molecule has 0 aromatic heterocycles. The number of carbonyl (C=O) groups is 3. The summed E-state index contributed by atoms with van der Waals surface area (Å²) in [5, 5.41) is 14.5. The van der Waals surface area contributed by atoms with Crippen molar-refractivity contribution in [2.24, 2.45) is 17.4 Å². The second-order valence-electron chi connectivity index (χ2n) is 7.32. The first-order chi connectivity index (χ1) is 13.2. The van der Waals surface area contributed by atoms with E-state index in [2.05, 4.69) is 10.6 Å². The Morgan fingerprint density at radius 1 is 1.04 bits per heavy atom. The van der Waals surface area contributed by atoms with Crippen LogP contribution in [0.2, 0.25) is 0 Å². The second-order valence-corrected chi connectivity index (χ2v) is 7.32. The van der Waals surface area contributed by atoms with Gasteiger partial charge in [0.1, 0.15) is 12.1 Å². The van der Waals surface area contributed by atoms with Gasteiger partial charge in [0.15, 0.2) is 0 Å². The van der Waals surface area contributed by atoms with Crippen LogP contribution in [0.3, 0.4) is 0 Å². The summed E-state index contributed by atoms with van der Waals surface area (Å²) in [4.78, 5) is 36.5. The minimum absolute atomic E-state index is 0.119. The molecule has 0 radical (unpaired) electrons. The summed E-state index contributed by atoms with van der Waals surface area (Å²) in [6.45, 7) is 4.17. The number of carboxylic acids is 1. The zero-order chi connectivity index (χ0) is 21.1. The number of aliphatic carboxylic acids is 1. The van der Waals surface area contributed by atoms with Crippen LogP contribution in [0.5, 0.6) is 0 Å². The zero-order valence-corrected chi connectivity index (χ0v) is 16.6. The molecule has 0 spiro atoms. The number of carboxylic acid groups (broad SMARTS) is 1. The van der Waals surface area contributed by atoms with E-state index in [0.29, 0.717) is 25.8 Å². The molecule has 8 nitrogen and oxygen atoms in total. The second kappa shape index (κ2) is 12.1. The minimum atomic E-state index is -1.13. The molecule has 156 valence electrons. The molecule has 0 aliphatic carbocycles. The Labute approximate surface area is 166 Å². The molecule has 1 aromatic carbocycles. The third-order valence-corrected chi connectivity index (χ3v) is 4.29. The van der Waals surface area contributed by atoms with Crippen LogP contribution in [0.1, 0.15) is 38.7 Å². The van der Waals surface area contributed by atoms with Crippen molar-refractivity contribution in [3.63, 3.8) is 0 Å². The van der Waals surface area contributed by atoms with E-state index in [4.69, 9.17) is 11.5 Å². The van der Waals surface area contributed by atoms with E-state index in [1.54, 1.807) is 0 Å². The van der Waals surface area contributed by atoms with Crippen LogP contribution in [-0.2, 0) is 20.8 Å². The summed E-state index contributed by atoms with van der Waals surface area (Å²) < 4.78 is 0. The number of nitrogens with two attached hydrogens (primary N) is 2. The highest BCUT2D eigenvalue weighted by atomic mass is 16.4. The summed E-state index contributed by atoms with van der Waals surface area (Å²) in [6, 6.07) is 6.65. The van der Waals surface area contributed by atoms with Crippen LogP contribution >= 0.6 is 0 Å². The Morgan fingerprint density at radius 3 is 2.18 bits per heavy atom. The van der Waals surface area contributed by atoms with Crippen molar-refractivity contribution < 1.29 is 19.5 Å². The van der Waals surface area contributed by atoms with E-state index in [1.807, 2.05) is 44.2 Å². The smallest absolute Gasteiger partial charge is 0.326 e. The topological polar surface area (TPSA) is 148 Å². The van der Waals surface area contributed by atoms with Crippen molar-refractivity contribution in [3.05, 3.63) is 35.9 Å². The van der Waals surface area contributed by atoms with Crippen molar-refractivity contribution in [1.29, 1.82) is 0 Å². The molecule has 2 amide bonds. The van der Waals surface area contributed by atoms with Crippen LogP contribution in [0.4, 0.5) is 0 Å². The molecule has 0 saturated carbocycles. The number of amides is 2. The summed E-state index contributed by atoms with van der Waals surface area (Å²) in [5.74, 6) is -1.98. The first-order valence-corrected chi connectivity index (χ1v) is 9.57. The molecule has 0 aliphatic heterocycles. The predicted molar refractivity (Wildman–Crippen MR) is 107 cm³/mol. The van der Waals surface area contributed by atoms with Gasteiger partial charge in [-0.2, -0.15) is 0 Å². The number of hydrogen-bond donors (Lipinski definition) is 5. The van der Waals surface area contributed by atoms with Crippen LogP contribution in [-0.4, -0.2) is 47.6 Å². The highest BCUT2D eigenvalue weighted by molar-refractivity contribution is 5.91. The highest BCUT2D eigenvalue weighted by Gasteiger charge is 2.28. The Balaban J connectivity index is 2.75. The van der Waals surface area contributed by atoms with E-state index in [1.165, 1.54) is 0 Å². The number of hydrogen-bond acceptors (Lipinski definition) is 5. The first-order valence-electron chi connectivity index (χ1n) is 9.57. The molecule has 8 heteroatoms. The van der Waals surface area contributed by atoms with Crippen LogP contribution in [0.25, 0.3) is 0 Å². The van der Waals surface area contributed by atoms with Crippen LogP contribution < -0.4 is 22.1 Å². The van der Waals surface area contributed by atoms with Gasteiger partial charge in [-0.15, -0.1) is 0 Å². The maximum atomic E-state index is 12.6. The van der Waals surface area contributed by atoms with E-state index >= 15 is 0 Å². The van der Waals surface area contributed by atoms with Gasteiger partial charge in [0.2, 0.25) is 11.8 Å². The predicted octanol–water partition coefficient (Wildman–Crippen LogP) is 0.396. The van der Waals surface area contributed by atoms with Gasteiger partial charge < -0.3 is 27.2 Å². The molecule has 0 fully saturated rings. The van der Waals surface area contributed by atoms with Crippen LogP contribution in [0.15, 0.2) is 30.3 Å². The molecular weight excluding hydrogens is 360 g/mol. The lowest BCUT2D eigenvalue weighted by Crippen LogP contribution is -2.55. The molecule has 0 heterocycles. The first kappa shape index (κ1) is 23.6. The van der Waals surface area contributed by atoms with Crippen molar-refractivity contribution in [3.8, 4) is 0 Å². The molecule has 7 N–H and O–H groups in total. The third kappa shape index (κ3) is 8.49. The van der Waals surface area contributed by atoms with Gasteiger partial charge in [0, 0.05) is 0 Å². The fourth-order valence-electron chi connectivity index (χ4n) is 2.79. The lowest BCUT2D eigenvalue weighted by molar-refractivity contribution is -0.142. The van der Waals surface area contributed by atoms with Gasteiger partial charge in [0.25, 0.3) is 0 Å². The Kier molecular flexibility index (Phi) is 10.2. The number of nitrogens with one attached hydrogen (secondary N) is 2. The van der Waals surface area contributed by atoms with Gasteiger partial charge in [-0.05, 0) is 43.7 Å². The fraction of sp³-hybridized carbons (Fsp3) is 0.550. The molecule has 28 heavy (non-hydrogen) atoms. The maximum Gasteiger partial charge on any atom is 0.326 e. The van der Waals surface area contributed by atoms with E-state index < -0.39 is 35.9 Å². The number of benzene rings is 1. The van der Waals surface area contributed by atoms with Gasteiger partial charge in [0.05, 0.1) is 6.04 Å². The number of rotatable bonds is 12. The lowest BCUT2D eigenvalue weighted by Gasteiger charge is -2.24. The van der Waals surface area contributed by atoms with Crippen molar-refractivity contribution in [2.45, 2.75) is 57.7 Å². The zero-order valence-electron chi connectivity index (χ0n) is 16.6. The molecule has 0 unspecified atom stereocenters. The lowest BCUT2D eigenvalue weighted by atomic mass is 10.0. The van der Waals surface area contributed by atoms with Gasteiger partial charge in [-0.3, -0.25) is 9.59 Å². The van der Waals surface area contributed by atoms with Gasteiger partial charge in [-0.1, -0.05) is 44.2 Å². The normalized spacial score (nSPS) is 14.2. The van der Waals surface area contributed by atoms with E-state index in [-0.39, 0.29) is 12.3 Å². The summed E-state index contributed by atoms with van der Waals surface area (Å²) in [6.07, 6.45) is 1.42. The van der Waals surface area contributed by atoms with Crippen molar-refractivity contribution >= 4 is 17.8 Å². The molecule has 1 aromatic rings. The molecule has 3 atom stereocenters. The third-order valence-electron chi connectivity index (χ3n) is 4.29. The number of carbonyl (C=O) groups excluding carboxylic acids is 2. The summed E-state index contributed by atoms with van der Waals surface area (Å²) in [5.41, 5.74) is 12.3. The maximum absolute atomic E-state index is 12.6. The summed E-state index contributed by atoms with van der Waals surface area (Å²) >= 11 is 0. The van der Waals surface area contributed by atoms with Crippen LogP contribution in [0, 0.1) is 5.92 Å². The largest absolute Gasteiger partial charge is 0.480 e. The average molecular weight is 393 g/mol. The van der Waals surface area contributed by atoms with E-state index in [0.717, 1.165) is 5.56 Å². The summed E-state index contributed by atoms with van der Waals surface area (Å²) in [7, 11) is 0.